The van der Waals surface area contributed by atoms with Gasteiger partial charge >= 0.3 is 5.97 Å². The average Bonchev–Trinajstić information content (AvgIpc) is 2.94. The highest BCUT2D eigenvalue weighted by Gasteiger charge is 2.31. The highest BCUT2D eigenvalue weighted by atomic mass is 32.2. The lowest BCUT2D eigenvalue weighted by Gasteiger charge is -2.27. The average molecular weight is 307 g/mol. The molecule has 1 aromatic carbocycles. The van der Waals surface area contributed by atoms with Crippen LogP contribution in [0, 0.1) is 0 Å². The van der Waals surface area contributed by atoms with Crippen LogP contribution in [0.1, 0.15) is 16.2 Å². The summed E-state index contributed by atoms with van der Waals surface area (Å²) >= 11 is 0. The van der Waals surface area contributed by atoms with E-state index in [9.17, 15) is 13.2 Å². The molecule has 0 amide bonds. The van der Waals surface area contributed by atoms with Crippen LogP contribution >= 0.6 is 0 Å². The van der Waals surface area contributed by atoms with Crippen LogP contribution in [0.15, 0.2) is 41.6 Å². The Kier molecular flexibility index (Phi) is 3.26. The second-order valence-electron chi connectivity index (χ2n) is 4.68. The van der Waals surface area contributed by atoms with Crippen molar-refractivity contribution in [2.75, 3.05) is 6.54 Å². The van der Waals surface area contributed by atoms with Crippen molar-refractivity contribution in [3.05, 3.63) is 48.0 Å². The number of hydrogen-bond acceptors (Lipinski definition) is 4. The van der Waals surface area contributed by atoms with Gasteiger partial charge in [-0.05, 0) is 12.1 Å². The van der Waals surface area contributed by atoms with Crippen LogP contribution in [0.25, 0.3) is 0 Å². The van der Waals surface area contributed by atoms with Gasteiger partial charge in [0.05, 0.1) is 17.0 Å². The van der Waals surface area contributed by atoms with Gasteiger partial charge in [0.1, 0.15) is 5.82 Å². The summed E-state index contributed by atoms with van der Waals surface area (Å²) in [4.78, 5) is 15.1. The number of carbonyl (C=O) groups is 1. The van der Waals surface area contributed by atoms with Crippen molar-refractivity contribution in [3.63, 3.8) is 0 Å². The lowest BCUT2D eigenvalue weighted by molar-refractivity contribution is 0.0692. The molecule has 0 atom stereocenters. The predicted octanol–water partition coefficient (Wildman–Crippen LogP) is 0.786. The number of rotatable bonds is 3. The minimum absolute atomic E-state index is 0.142. The number of benzene rings is 1. The fraction of sp³-hybridized carbons (Fsp3) is 0.231. The highest BCUT2D eigenvalue weighted by Crippen LogP contribution is 2.23. The van der Waals surface area contributed by atoms with Crippen LogP contribution in [0.3, 0.4) is 0 Å². The van der Waals surface area contributed by atoms with E-state index in [0.29, 0.717) is 18.9 Å². The lowest BCUT2D eigenvalue weighted by atomic mass is 10.2. The quantitative estimate of drug-likeness (QED) is 0.905. The van der Waals surface area contributed by atoms with Gasteiger partial charge in [0.2, 0.25) is 10.0 Å². The molecular weight excluding hydrogens is 294 g/mol. The molecule has 1 aliphatic rings. The van der Waals surface area contributed by atoms with Crippen molar-refractivity contribution in [2.45, 2.75) is 18.0 Å². The Hall–Kier alpha value is -2.19. The Morgan fingerprint density at radius 2 is 2.00 bits per heavy atom. The molecule has 0 unspecified atom stereocenters. The third-order valence-corrected chi connectivity index (χ3v) is 5.35. The van der Waals surface area contributed by atoms with Crippen LogP contribution in [-0.2, 0) is 23.1 Å². The fourth-order valence-corrected chi connectivity index (χ4v) is 3.93. The Bertz CT molecular complexity index is 797. The number of nitrogens with zero attached hydrogens (tertiary/aromatic N) is 3. The first kappa shape index (κ1) is 13.8. The zero-order chi connectivity index (χ0) is 15.0. The molecule has 0 saturated carbocycles. The van der Waals surface area contributed by atoms with Crippen molar-refractivity contribution < 1.29 is 18.3 Å². The standard InChI is InChI=1S/C13H13N3O4S/c17-13(18)10-3-1-2-4-11(10)21(19,20)16-8-7-15-6-5-14-12(15)9-16/h1-6H,7-9H2,(H,17,18). The monoisotopic (exact) mass is 307 g/mol. The van der Waals surface area contributed by atoms with E-state index in [1.54, 1.807) is 12.4 Å². The summed E-state index contributed by atoms with van der Waals surface area (Å²) in [6, 6.07) is 5.63. The van der Waals surface area contributed by atoms with Gasteiger partial charge in [0.15, 0.2) is 0 Å². The van der Waals surface area contributed by atoms with Gasteiger partial charge in [-0.15, -0.1) is 0 Å². The second-order valence-corrected chi connectivity index (χ2v) is 6.58. The van der Waals surface area contributed by atoms with E-state index in [0.717, 1.165) is 0 Å². The molecule has 110 valence electrons. The van der Waals surface area contributed by atoms with Gasteiger partial charge < -0.3 is 9.67 Å². The Morgan fingerprint density at radius 3 is 2.76 bits per heavy atom. The summed E-state index contributed by atoms with van der Waals surface area (Å²) in [6.45, 7) is 0.937. The molecule has 7 nitrogen and oxygen atoms in total. The van der Waals surface area contributed by atoms with E-state index >= 15 is 0 Å². The summed E-state index contributed by atoms with van der Waals surface area (Å²) in [5.74, 6) is -0.606. The first-order chi connectivity index (χ1) is 10.00. The first-order valence-corrected chi connectivity index (χ1v) is 7.76. The molecule has 21 heavy (non-hydrogen) atoms. The lowest BCUT2D eigenvalue weighted by Crippen LogP contribution is -2.38. The Balaban J connectivity index is 2.01. The minimum atomic E-state index is -3.86. The molecule has 2 heterocycles. The SMILES string of the molecule is O=C(O)c1ccccc1S(=O)(=O)N1CCn2ccnc2C1. The van der Waals surface area contributed by atoms with Gasteiger partial charge in [-0.3, -0.25) is 0 Å². The smallest absolute Gasteiger partial charge is 0.337 e. The van der Waals surface area contributed by atoms with E-state index in [4.69, 9.17) is 5.11 Å². The minimum Gasteiger partial charge on any atom is -0.478 e. The summed E-state index contributed by atoms with van der Waals surface area (Å²) in [7, 11) is -3.86. The molecule has 8 heteroatoms. The number of sulfonamides is 1. The molecule has 0 spiro atoms. The maximum Gasteiger partial charge on any atom is 0.337 e. The molecule has 0 radical (unpaired) electrons. The number of fused-ring (bicyclic) bond motifs is 1. The largest absolute Gasteiger partial charge is 0.478 e. The number of aromatic carboxylic acids is 1. The second kappa shape index (κ2) is 4.97. The molecular formula is C13H13N3O4S. The number of hydrogen-bond donors (Lipinski definition) is 1. The van der Waals surface area contributed by atoms with E-state index in [1.807, 2.05) is 4.57 Å². The van der Waals surface area contributed by atoms with Gasteiger partial charge in [-0.1, -0.05) is 12.1 Å². The third-order valence-electron chi connectivity index (χ3n) is 3.45. The molecule has 0 bridgehead atoms. The van der Waals surface area contributed by atoms with E-state index in [2.05, 4.69) is 4.98 Å². The maximum absolute atomic E-state index is 12.7. The highest BCUT2D eigenvalue weighted by molar-refractivity contribution is 7.89. The van der Waals surface area contributed by atoms with Crippen molar-refractivity contribution in [1.82, 2.24) is 13.9 Å². The van der Waals surface area contributed by atoms with Crippen LogP contribution < -0.4 is 0 Å². The topological polar surface area (TPSA) is 92.5 Å². The molecule has 0 saturated heterocycles. The molecule has 2 aromatic rings. The van der Waals surface area contributed by atoms with Crippen LogP contribution in [0.5, 0.6) is 0 Å². The van der Waals surface area contributed by atoms with E-state index in [-0.39, 0.29) is 17.0 Å². The van der Waals surface area contributed by atoms with Crippen LogP contribution in [0.2, 0.25) is 0 Å². The molecule has 1 N–H and O–H groups in total. The van der Waals surface area contributed by atoms with Gasteiger partial charge in [-0.25, -0.2) is 18.2 Å². The van der Waals surface area contributed by atoms with Gasteiger partial charge in [-0.2, -0.15) is 4.31 Å². The maximum atomic E-state index is 12.7. The summed E-state index contributed by atoms with van der Waals surface area (Å²) in [5.41, 5.74) is -0.216. The summed E-state index contributed by atoms with van der Waals surface area (Å²) < 4.78 is 28.5. The zero-order valence-electron chi connectivity index (χ0n) is 11.0. The number of imidazole rings is 1. The first-order valence-electron chi connectivity index (χ1n) is 6.32. The summed E-state index contributed by atoms with van der Waals surface area (Å²) in [6.07, 6.45) is 3.42. The zero-order valence-corrected chi connectivity index (χ0v) is 11.8. The summed E-state index contributed by atoms with van der Waals surface area (Å²) in [5, 5.41) is 9.15. The van der Waals surface area contributed by atoms with Crippen LogP contribution in [-0.4, -0.2) is 39.9 Å². The Labute approximate surface area is 121 Å². The normalized spacial score (nSPS) is 15.6. The van der Waals surface area contributed by atoms with Gasteiger partial charge in [0, 0.05) is 25.5 Å². The van der Waals surface area contributed by atoms with Crippen LogP contribution in [0.4, 0.5) is 0 Å². The third kappa shape index (κ3) is 2.32. The van der Waals surface area contributed by atoms with E-state index in [1.165, 1.54) is 28.6 Å². The van der Waals surface area contributed by atoms with E-state index < -0.39 is 16.0 Å². The van der Waals surface area contributed by atoms with Crippen molar-refractivity contribution in [3.8, 4) is 0 Å². The van der Waals surface area contributed by atoms with Crippen molar-refractivity contribution in [2.24, 2.45) is 0 Å². The molecule has 1 aromatic heterocycles. The molecule has 1 aliphatic heterocycles. The number of carboxylic acids is 1. The Morgan fingerprint density at radius 1 is 1.24 bits per heavy atom. The molecule has 0 fully saturated rings. The van der Waals surface area contributed by atoms with Crippen molar-refractivity contribution >= 4 is 16.0 Å². The fourth-order valence-electron chi connectivity index (χ4n) is 2.36. The number of aromatic nitrogens is 2. The van der Waals surface area contributed by atoms with Crippen molar-refractivity contribution in [1.29, 1.82) is 0 Å². The number of carboxylic acid groups (broad SMARTS) is 1. The molecule has 3 rings (SSSR count). The predicted molar refractivity (Wildman–Crippen MR) is 73.2 cm³/mol. The molecule has 0 aliphatic carbocycles. The van der Waals surface area contributed by atoms with Gasteiger partial charge in [0.25, 0.3) is 0 Å².